The first-order chi connectivity index (χ1) is 8.95. The van der Waals surface area contributed by atoms with Crippen molar-refractivity contribution < 1.29 is 9.21 Å². The fraction of sp³-hybridized carbons (Fsp3) is 0.286. The first-order valence-corrected chi connectivity index (χ1v) is 6.74. The second-order valence-corrected chi connectivity index (χ2v) is 5.28. The number of nitrogens with one attached hydrogen (secondary N) is 1. The third-order valence-electron chi connectivity index (χ3n) is 2.76. The van der Waals surface area contributed by atoms with E-state index in [0.717, 1.165) is 21.4 Å². The maximum atomic E-state index is 11.9. The molecule has 1 heterocycles. The van der Waals surface area contributed by atoms with Gasteiger partial charge >= 0.3 is 0 Å². The Balaban J connectivity index is 2.05. The predicted octanol–water partition coefficient (Wildman–Crippen LogP) is 3.54. The summed E-state index contributed by atoms with van der Waals surface area (Å²) in [4.78, 5) is 16.1. The van der Waals surface area contributed by atoms with Crippen LogP contribution in [0.2, 0.25) is 0 Å². The van der Waals surface area contributed by atoms with E-state index in [1.807, 2.05) is 32.0 Å². The second kappa shape index (κ2) is 5.57. The maximum absolute atomic E-state index is 11.9. The largest absolute Gasteiger partial charge is 0.445 e. The van der Waals surface area contributed by atoms with Crippen LogP contribution in [0.25, 0.3) is 0 Å². The molecule has 0 bridgehead atoms. The molecule has 1 aromatic carbocycles. The molecule has 0 radical (unpaired) electrons. The molecule has 19 heavy (non-hydrogen) atoms. The van der Waals surface area contributed by atoms with E-state index in [1.54, 1.807) is 6.92 Å². The average molecular weight is 323 g/mol. The third-order valence-corrected chi connectivity index (χ3v) is 3.65. The molecule has 0 fully saturated rings. The predicted molar refractivity (Wildman–Crippen MR) is 77.2 cm³/mol. The minimum atomic E-state index is -0.110. The van der Waals surface area contributed by atoms with Gasteiger partial charge in [0.2, 0.25) is 5.91 Å². The Kier molecular flexibility index (Phi) is 4.04. The van der Waals surface area contributed by atoms with Crippen LogP contribution in [0, 0.1) is 20.8 Å². The topological polar surface area (TPSA) is 55.1 Å². The number of carbonyl (C=O) groups is 1. The van der Waals surface area contributed by atoms with Crippen molar-refractivity contribution in [1.82, 2.24) is 4.98 Å². The summed E-state index contributed by atoms with van der Waals surface area (Å²) in [6.07, 6.45) is 0.196. The van der Waals surface area contributed by atoms with Gasteiger partial charge in [-0.05, 0) is 37.6 Å². The summed E-state index contributed by atoms with van der Waals surface area (Å²) >= 11 is 3.43. The maximum Gasteiger partial charge on any atom is 0.232 e. The molecule has 0 saturated heterocycles. The molecule has 0 aliphatic rings. The summed E-state index contributed by atoms with van der Waals surface area (Å²) in [6, 6.07) is 5.68. The number of oxazole rings is 1. The summed E-state index contributed by atoms with van der Waals surface area (Å²) in [7, 11) is 0. The van der Waals surface area contributed by atoms with E-state index in [2.05, 4.69) is 26.2 Å². The summed E-state index contributed by atoms with van der Waals surface area (Å²) in [5, 5.41) is 2.85. The number of anilines is 1. The van der Waals surface area contributed by atoms with E-state index in [-0.39, 0.29) is 12.3 Å². The number of carbonyl (C=O) groups excluding carboxylic acids is 1. The van der Waals surface area contributed by atoms with Gasteiger partial charge < -0.3 is 9.73 Å². The van der Waals surface area contributed by atoms with Crippen LogP contribution in [0.3, 0.4) is 0 Å². The minimum absolute atomic E-state index is 0.110. The number of aromatic nitrogens is 1. The van der Waals surface area contributed by atoms with Gasteiger partial charge in [-0.15, -0.1) is 0 Å². The molecule has 0 saturated carbocycles. The Bertz CT molecular complexity index is 620. The summed E-state index contributed by atoms with van der Waals surface area (Å²) in [5.74, 6) is 1.09. The standard InChI is InChI=1S/C14H15BrN2O2/c1-8-6-11(4-5-12(8)15)17-14(18)7-13-9(2)16-10(3)19-13/h4-6H,7H2,1-3H3,(H,17,18). The van der Waals surface area contributed by atoms with Crippen molar-refractivity contribution in [1.29, 1.82) is 0 Å². The number of benzene rings is 1. The smallest absolute Gasteiger partial charge is 0.232 e. The first-order valence-electron chi connectivity index (χ1n) is 5.94. The van der Waals surface area contributed by atoms with Crippen molar-refractivity contribution in [3.8, 4) is 0 Å². The van der Waals surface area contributed by atoms with Gasteiger partial charge in [-0.2, -0.15) is 0 Å². The van der Waals surface area contributed by atoms with E-state index < -0.39 is 0 Å². The highest BCUT2D eigenvalue weighted by Gasteiger charge is 2.12. The number of hydrogen-bond acceptors (Lipinski definition) is 3. The zero-order valence-electron chi connectivity index (χ0n) is 11.1. The monoisotopic (exact) mass is 322 g/mol. The fourth-order valence-corrected chi connectivity index (χ4v) is 2.06. The van der Waals surface area contributed by atoms with E-state index in [0.29, 0.717) is 11.7 Å². The average Bonchev–Trinajstić information content (AvgIpc) is 2.62. The molecule has 4 nitrogen and oxygen atoms in total. The van der Waals surface area contributed by atoms with Crippen molar-refractivity contribution in [2.24, 2.45) is 0 Å². The zero-order valence-corrected chi connectivity index (χ0v) is 12.7. The molecule has 100 valence electrons. The van der Waals surface area contributed by atoms with Crippen LogP contribution in [0.1, 0.15) is 22.9 Å². The van der Waals surface area contributed by atoms with Gasteiger partial charge in [-0.3, -0.25) is 4.79 Å². The molecule has 5 heteroatoms. The molecule has 0 spiro atoms. The second-order valence-electron chi connectivity index (χ2n) is 4.43. The van der Waals surface area contributed by atoms with Gasteiger partial charge in [0.25, 0.3) is 0 Å². The van der Waals surface area contributed by atoms with Gasteiger partial charge in [-0.1, -0.05) is 15.9 Å². The van der Waals surface area contributed by atoms with E-state index in [1.165, 1.54) is 0 Å². The highest BCUT2D eigenvalue weighted by atomic mass is 79.9. The third kappa shape index (κ3) is 3.44. The van der Waals surface area contributed by atoms with Crippen molar-refractivity contribution >= 4 is 27.5 Å². The molecular formula is C14H15BrN2O2. The molecule has 0 aliphatic carbocycles. The summed E-state index contributed by atoms with van der Waals surface area (Å²) in [5.41, 5.74) is 2.61. The SMILES string of the molecule is Cc1nc(C)c(CC(=O)Nc2ccc(Br)c(C)c2)o1. The molecule has 1 N–H and O–H groups in total. The lowest BCUT2D eigenvalue weighted by molar-refractivity contribution is -0.115. The van der Waals surface area contributed by atoms with Crippen molar-refractivity contribution in [2.45, 2.75) is 27.2 Å². The Morgan fingerprint density at radius 1 is 1.37 bits per heavy atom. The van der Waals surface area contributed by atoms with E-state index in [4.69, 9.17) is 4.42 Å². The number of aryl methyl sites for hydroxylation is 3. The Hall–Kier alpha value is -1.62. The van der Waals surface area contributed by atoms with Crippen LogP contribution in [0.4, 0.5) is 5.69 Å². The highest BCUT2D eigenvalue weighted by Crippen LogP contribution is 2.20. The van der Waals surface area contributed by atoms with Crippen molar-refractivity contribution in [2.75, 3.05) is 5.32 Å². The number of rotatable bonds is 3. The first kappa shape index (κ1) is 13.8. The normalized spacial score (nSPS) is 10.5. The van der Waals surface area contributed by atoms with Crippen LogP contribution in [0.15, 0.2) is 27.1 Å². The van der Waals surface area contributed by atoms with E-state index >= 15 is 0 Å². The molecule has 2 rings (SSSR count). The molecule has 1 amide bonds. The lowest BCUT2D eigenvalue weighted by Crippen LogP contribution is -2.14. The number of amides is 1. The Morgan fingerprint density at radius 2 is 2.11 bits per heavy atom. The Labute approximate surface area is 120 Å². The van der Waals surface area contributed by atoms with Gasteiger partial charge in [0.05, 0.1) is 12.1 Å². The lowest BCUT2D eigenvalue weighted by Gasteiger charge is -2.06. The highest BCUT2D eigenvalue weighted by molar-refractivity contribution is 9.10. The van der Waals surface area contributed by atoms with Gasteiger partial charge in [-0.25, -0.2) is 4.98 Å². The summed E-state index contributed by atoms with van der Waals surface area (Å²) in [6.45, 7) is 5.58. The number of halogens is 1. The quantitative estimate of drug-likeness (QED) is 0.940. The molecule has 1 aromatic heterocycles. The minimum Gasteiger partial charge on any atom is -0.445 e. The molecule has 0 unspecified atom stereocenters. The Morgan fingerprint density at radius 3 is 2.68 bits per heavy atom. The summed E-state index contributed by atoms with van der Waals surface area (Å²) < 4.78 is 6.41. The molecule has 0 aliphatic heterocycles. The van der Waals surface area contributed by atoms with Crippen LogP contribution in [-0.2, 0) is 11.2 Å². The van der Waals surface area contributed by atoms with Gasteiger partial charge in [0, 0.05) is 17.1 Å². The number of nitrogens with zero attached hydrogens (tertiary/aromatic N) is 1. The van der Waals surface area contributed by atoms with Crippen molar-refractivity contribution in [3.63, 3.8) is 0 Å². The fourth-order valence-electron chi connectivity index (χ4n) is 1.81. The van der Waals surface area contributed by atoms with Crippen LogP contribution < -0.4 is 5.32 Å². The zero-order chi connectivity index (χ0) is 14.0. The van der Waals surface area contributed by atoms with Crippen molar-refractivity contribution in [3.05, 3.63) is 45.6 Å². The van der Waals surface area contributed by atoms with Crippen LogP contribution in [-0.4, -0.2) is 10.9 Å². The van der Waals surface area contributed by atoms with Crippen LogP contribution in [0.5, 0.6) is 0 Å². The lowest BCUT2D eigenvalue weighted by atomic mass is 10.2. The molecule has 2 aromatic rings. The van der Waals surface area contributed by atoms with E-state index in [9.17, 15) is 4.79 Å². The molecular weight excluding hydrogens is 308 g/mol. The number of hydrogen-bond donors (Lipinski definition) is 1. The van der Waals surface area contributed by atoms with Crippen LogP contribution >= 0.6 is 15.9 Å². The van der Waals surface area contributed by atoms with Gasteiger partial charge in [0.1, 0.15) is 5.76 Å². The van der Waals surface area contributed by atoms with Gasteiger partial charge in [0.15, 0.2) is 5.89 Å². The molecule has 0 atom stereocenters.